The quantitative estimate of drug-likeness (QED) is 0.470. The van der Waals surface area contributed by atoms with Crippen LogP contribution in [-0.2, 0) is 4.74 Å². The van der Waals surface area contributed by atoms with Gasteiger partial charge in [-0.15, -0.1) is 0 Å². The second-order valence-electron chi connectivity index (χ2n) is 2.95. The number of hydrogen-bond donors (Lipinski definition) is 0. The highest BCUT2D eigenvalue weighted by Gasteiger charge is 2.21. The van der Waals surface area contributed by atoms with Gasteiger partial charge in [-0.3, -0.25) is 20.2 Å². The SMILES string of the molecule is CCOC(=S)Oc1ccc([N+](=O)[O-])cc1[N+](=O)[O-]. The molecule has 0 N–H and O–H groups in total. The Hall–Kier alpha value is -2.29. The fraction of sp³-hybridized carbons (Fsp3) is 0.222. The van der Waals surface area contributed by atoms with Crippen molar-refractivity contribution in [1.29, 1.82) is 0 Å². The van der Waals surface area contributed by atoms with E-state index in [1.165, 1.54) is 0 Å². The lowest BCUT2D eigenvalue weighted by Gasteiger charge is -2.06. The number of rotatable bonds is 4. The summed E-state index contributed by atoms with van der Waals surface area (Å²) in [5.41, 5.74) is -0.956. The van der Waals surface area contributed by atoms with Gasteiger partial charge in [-0.25, -0.2) is 0 Å². The zero-order valence-electron chi connectivity index (χ0n) is 9.19. The predicted molar refractivity (Wildman–Crippen MR) is 64.6 cm³/mol. The first-order valence-electron chi connectivity index (χ1n) is 4.73. The molecule has 0 fully saturated rings. The lowest BCUT2D eigenvalue weighted by molar-refractivity contribution is -0.394. The Morgan fingerprint density at radius 2 is 2.00 bits per heavy atom. The van der Waals surface area contributed by atoms with Crippen LogP contribution in [-0.4, -0.2) is 21.7 Å². The van der Waals surface area contributed by atoms with Crippen LogP contribution < -0.4 is 4.74 Å². The summed E-state index contributed by atoms with van der Waals surface area (Å²) in [6.45, 7) is 1.92. The minimum atomic E-state index is -0.795. The highest BCUT2D eigenvalue weighted by molar-refractivity contribution is 7.79. The third kappa shape index (κ3) is 3.35. The van der Waals surface area contributed by atoms with E-state index in [9.17, 15) is 20.2 Å². The number of non-ortho nitro benzene ring substituents is 1. The normalized spacial score (nSPS) is 9.61. The van der Waals surface area contributed by atoms with E-state index in [1.807, 2.05) is 0 Å². The first kappa shape index (κ1) is 13.8. The van der Waals surface area contributed by atoms with E-state index in [0.29, 0.717) is 0 Å². The Bertz CT molecular complexity index is 504. The Morgan fingerprint density at radius 1 is 1.33 bits per heavy atom. The van der Waals surface area contributed by atoms with E-state index in [2.05, 4.69) is 12.2 Å². The molecule has 0 saturated heterocycles. The fourth-order valence-corrected chi connectivity index (χ4v) is 1.29. The fourth-order valence-electron chi connectivity index (χ4n) is 1.09. The molecule has 0 saturated carbocycles. The molecule has 0 heterocycles. The van der Waals surface area contributed by atoms with Crippen molar-refractivity contribution in [2.24, 2.45) is 0 Å². The molecular formula is C9H8N2O6S. The lowest BCUT2D eigenvalue weighted by atomic mass is 10.2. The van der Waals surface area contributed by atoms with Gasteiger partial charge in [-0.2, -0.15) is 0 Å². The number of nitrogens with zero attached hydrogens (tertiary/aromatic N) is 2. The minimum Gasteiger partial charge on any atom is -0.457 e. The predicted octanol–water partition coefficient (Wildman–Crippen LogP) is 2.20. The molecule has 0 radical (unpaired) electrons. The molecule has 0 bridgehead atoms. The summed E-state index contributed by atoms with van der Waals surface area (Å²) in [6, 6.07) is 2.97. The molecule has 1 aromatic rings. The third-order valence-electron chi connectivity index (χ3n) is 1.81. The van der Waals surface area contributed by atoms with Gasteiger partial charge in [0, 0.05) is 18.3 Å². The Kier molecular flexibility index (Phi) is 4.49. The van der Waals surface area contributed by atoms with Crippen LogP contribution in [0.15, 0.2) is 18.2 Å². The van der Waals surface area contributed by atoms with Crippen molar-refractivity contribution >= 4 is 28.8 Å². The zero-order chi connectivity index (χ0) is 13.7. The number of hydrogen-bond acceptors (Lipinski definition) is 7. The summed E-state index contributed by atoms with van der Waals surface area (Å²) in [5.74, 6) is -0.205. The molecule has 1 rings (SSSR count). The van der Waals surface area contributed by atoms with E-state index in [-0.39, 0.29) is 17.6 Å². The molecule has 9 heteroatoms. The van der Waals surface area contributed by atoms with Gasteiger partial charge in [-0.1, -0.05) is 0 Å². The van der Waals surface area contributed by atoms with Crippen LogP contribution in [0.3, 0.4) is 0 Å². The standard InChI is InChI=1S/C9H8N2O6S/c1-2-16-9(18)17-8-4-3-6(10(12)13)5-7(8)11(14)15/h3-5H,2H2,1H3. The monoisotopic (exact) mass is 272 g/mol. The van der Waals surface area contributed by atoms with Gasteiger partial charge in [0.1, 0.15) is 0 Å². The van der Waals surface area contributed by atoms with Gasteiger partial charge in [-0.05, 0) is 13.0 Å². The van der Waals surface area contributed by atoms with Crippen LogP contribution in [0.25, 0.3) is 0 Å². The Morgan fingerprint density at radius 3 is 2.50 bits per heavy atom. The van der Waals surface area contributed by atoms with E-state index in [0.717, 1.165) is 18.2 Å². The molecule has 8 nitrogen and oxygen atoms in total. The topological polar surface area (TPSA) is 105 Å². The molecule has 0 aliphatic rings. The largest absolute Gasteiger partial charge is 0.457 e. The summed E-state index contributed by atoms with van der Waals surface area (Å²) in [5, 5.41) is 21.0. The maximum absolute atomic E-state index is 10.8. The molecule has 0 aromatic heterocycles. The van der Waals surface area contributed by atoms with E-state index in [4.69, 9.17) is 9.47 Å². The molecule has 0 unspecified atom stereocenters. The third-order valence-corrected chi connectivity index (χ3v) is 2.01. The van der Waals surface area contributed by atoms with Crippen LogP contribution in [0, 0.1) is 20.2 Å². The molecule has 0 spiro atoms. The summed E-state index contributed by atoms with van der Waals surface area (Å²) in [7, 11) is 0. The molecule has 0 amide bonds. The van der Waals surface area contributed by atoms with Crippen LogP contribution >= 0.6 is 12.2 Å². The van der Waals surface area contributed by atoms with Gasteiger partial charge in [0.25, 0.3) is 5.69 Å². The van der Waals surface area contributed by atoms with Crippen LogP contribution in [0.4, 0.5) is 11.4 Å². The number of benzene rings is 1. The van der Waals surface area contributed by atoms with Crippen molar-refractivity contribution in [3.05, 3.63) is 38.4 Å². The first-order chi connectivity index (χ1) is 8.45. The molecule has 0 aliphatic heterocycles. The van der Waals surface area contributed by atoms with E-state index in [1.54, 1.807) is 6.92 Å². The first-order valence-corrected chi connectivity index (χ1v) is 5.14. The smallest absolute Gasteiger partial charge is 0.358 e. The lowest BCUT2D eigenvalue weighted by Crippen LogP contribution is -2.10. The molecular weight excluding hydrogens is 264 g/mol. The van der Waals surface area contributed by atoms with Gasteiger partial charge in [0.2, 0.25) is 5.75 Å². The van der Waals surface area contributed by atoms with Gasteiger partial charge >= 0.3 is 10.9 Å². The van der Waals surface area contributed by atoms with Gasteiger partial charge in [0.05, 0.1) is 22.5 Å². The van der Waals surface area contributed by atoms with Crippen molar-refractivity contribution in [3.63, 3.8) is 0 Å². The summed E-state index contributed by atoms with van der Waals surface area (Å²) < 4.78 is 9.74. The summed E-state index contributed by atoms with van der Waals surface area (Å²) in [6.07, 6.45) is 0. The zero-order valence-corrected chi connectivity index (χ0v) is 10.0. The highest BCUT2D eigenvalue weighted by atomic mass is 32.1. The maximum Gasteiger partial charge on any atom is 0.358 e. The maximum atomic E-state index is 10.8. The van der Waals surface area contributed by atoms with Crippen LogP contribution in [0.1, 0.15) is 6.92 Å². The average molecular weight is 272 g/mol. The highest BCUT2D eigenvalue weighted by Crippen LogP contribution is 2.31. The molecule has 18 heavy (non-hydrogen) atoms. The van der Waals surface area contributed by atoms with Gasteiger partial charge < -0.3 is 9.47 Å². The second-order valence-corrected chi connectivity index (χ2v) is 3.28. The minimum absolute atomic E-state index is 0.205. The second kappa shape index (κ2) is 5.87. The van der Waals surface area contributed by atoms with Crippen molar-refractivity contribution in [2.75, 3.05) is 6.61 Å². The van der Waals surface area contributed by atoms with Gasteiger partial charge in [0.15, 0.2) is 0 Å². The van der Waals surface area contributed by atoms with Crippen LogP contribution in [0.5, 0.6) is 5.75 Å². The van der Waals surface area contributed by atoms with Crippen molar-refractivity contribution in [1.82, 2.24) is 0 Å². The molecule has 0 atom stereocenters. The van der Waals surface area contributed by atoms with Crippen molar-refractivity contribution in [3.8, 4) is 5.75 Å². The molecule has 96 valence electrons. The van der Waals surface area contributed by atoms with E-state index >= 15 is 0 Å². The average Bonchev–Trinajstić information content (AvgIpc) is 2.29. The number of thiocarbonyl (C=S) groups is 1. The summed E-state index contributed by atoms with van der Waals surface area (Å²) in [4.78, 5) is 19.7. The van der Waals surface area contributed by atoms with Crippen molar-refractivity contribution < 1.29 is 19.3 Å². The molecule has 0 aliphatic carbocycles. The van der Waals surface area contributed by atoms with Crippen LogP contribution in [0.2, 0.25) is 0 Å². The number of nitro benzene ring substituents is 2. The molecule has 1 aromatic carbocycles. The van der Waals surface area contributed by atoms with Crippen molar-refractivity contribution in [2.45, 2.75) is 6.92 Å². The number of ether oxygens (including phenoxy) is 2. The Balaban J connectivity index is 3.08. The summed E-state index contributed by atoms with van der Waals surface area (Å²) >= 11 is 4.66. The number of nitro groups is 2. The van der Waals surface area contributed by atoms with E-state index < -0.39 is 21.2 Å². The Labute approximate surface area is 106 Å².